The number of pyridine rings is 1. The topological polar surface area (TPSA) is 61.7 Å². The second-order valence-corrected chi connectivity index (χ2v) is 5.65. The van der Waals surface area contributed by atoms with Gasteiger partial charge in [-0.3, -0.25) is 0 Å². The molecule has 4 heterocycles. The van der Waals surface area contributed by atoms with Crippen LogP contribution in [0.3, 0.4) is 0 Å². The van der Waals surface area contributed by atoms with Gasteiger partial charge in [-0.15, -0.1) is 0 Å². The van der Waals surface area contributed by atoms with Crippen molar-refractivity contribution >= 4 is 22.1 Å². The van der Waals surface area contributed by atoms with Crippen molar-refractivity contribution < 1.29 is 4.42 Å². The summed E-state index contributed by atoms with van der Waals surface area (Å²) >= 11 is 0. The zero-order valence-corrected chi connectivity index (χ0v) is 12.9. The molecule has 0 amide bonds. The lowest BCUT2D eigenvalue weighted by molar-refractivity contribution is 0.620. The van der Waals surface area contributed by atoms with Crippen LogP contribution in [0.5, 0.6) is 0 Å². The average molecular weight is 315 g/mol. The summed E-state index contributed by atoms with van der Waals surface area (Å²) in [7, 11) is 1.98. The van der Waals surface area contributed by atoms with Crippen LogP contribution >= 0.6 is 0 Å². The Balaban J connectivity index is 1.64. The third-order valence-corrected chi connectivity index (χ3v) is 4.12. The van der Waals surface area contributed by atoms with E-state index in [1.54, 1.807) is 12.4 Å². The van der Waals surface area contributed by atoms with E-state index < -0.39 is 0 Å². The molecule has 5 rings (SSSR count). The van der Waals surface area contributed by atoms with Gasteiger partial charge in [0.2, 0.25) is 5.89 Å². The molecular formula is C18H13N5O. The lowest BCUT2D eigenvalue weighted by atomic mass is 10.3. The molecular weight excluding hydrogens is 302 g/mol. The van der Waals surface area contributed by atoms with Crippen LogP contribution in [0.4, 0.5) is 0 Å². The normalized spacial score (nSPS) is 11.5. The van der Waals surface area contributed by atoms with Gasteiger partial charge in [0, 0.05) is 31.0 Å². The standard InChI is InChI=1S/C18H13N5O/c1-22-9-7-13-15(6-8-19-17(13)22)23-11-12(10-20-23)18-21-14-4-2-3-5-16(14)24-18/h2-11H,1H3. The van der Waals surface area contributed by atoms with Crippen LogP contribution in [0.15, 0.2) is 65.6 Å². The third-order valence-electron chi connectivity index (χ3n) is 4.12. The Kier molecular flexibility index (Phi) is 2.61. The van der Waals surface area contributed by atoms with Crippen LogP contribution < -0.4 is 0 Å². The van der Waals surface area contributed by atoms with Crippen molar-refractivity contribution in [1.82, 2.24) is 24.3 Å². The molecule has 116 valence electrons. The molecule has 24 heavy (non-hydrogen) atoms. The molecule has 4 aromatic heterocycles. The number of oxazole rings is 1. The van der Waals surface area contributed by atoms with Crippen molar-refractivity contribution in [3.63, 3.8) is 0 Å². The van der Waals surface area contributed by atoms with Crippen LogP contribution in [-0.2, 0) is 7.05 Å². The fourth-order valence-electron chi connectivity index (χ4n) is 2.91. The molecule has 0 saturated carbocycles. The van der Waals surface area contributed by atoms with E-state index in [0.717, 1.165) is 33.4 Å². The first kappa shape index (κ1) is 13.1. The van der Waals surface area contributed by atoms with E-state index in [-0.39, 0.29) is 0 Å². The number of rotatable bonds is 2. The first-order valence-electron chi connectivity index (χ1n) is 7.61. The Morgan fingerprint density at radius 2 is 2.00 bits per heavy atom. The van der Waals surface area contributed by atoms with Gasteiger partial charge in [0.1, 0.15) is 11.2 Å². The van der Waals surface area contributed by atoms with Crippen LogP contribution in [0.1, 0.15) is 0 Å². The Morgan fingerprint density at radius 3 is 2.92 bits per heavy atom. The highest BCUT2D eigenvalue weighted by Gasteiger charge is 2.12. The maximum absolute atomic E-state index is 5.81. The van der Waals surface area contributed by atoms with Crippen molar-refractivity contribution in [1.29, 1.82) is 0 Å². The van der Waals surface area contributed by atoms with Crippen molar-refractivity contribution in [2.45, 2.75) is 0 Å². The molecule has 6 heteroatoms. The molecule has 0 N–H and O–H groups in total. The quantitative estimate of drug-likeness (QED) is 0.499. The van der Waals surface area contributed by atoms with E-state index in [1.807, 2.05) is 65.1 Å². The molecule has 0 unspecified atom stereocenters. The van der Waals surface area contributed by atoms with E-state index in [9.17, 15) is 0 Å². The average Bonchev–Trinajstić information content (AvgIpc) is 3.32. The summed E-state index contributed by atoms with van der Waals surface area (Å²) in [5, 5.41) is 5.52. The van der Waals surface area contributed by atoms with Crippen molar-refractivity contribution in [2.24, 2.45) is 7.05 Å². The summed E-state index contributed by atoms with van der Waals surface area (Å²) in [6, 6.07) is 11.7. The first-order chi connectivity index (χ1) is 11.8. The van der Waals surface area contributed by atoms with Crippen molar-refractivity contribution in [3.8, 4) is 17.1 Å². The molecule has 0 spiro atoms. The molecule has 5 aromatic rings. The van der Waals surface area contributed by atoms with Crippen molar-refractivity contribution in [2.75, 3.05) is 0 Å². The summed E-state index contributed by atoms with van der Waals surface area (Å²) < 4.78 is 9.63. The third kappa shape index (κ3) is 1.86. The van der Waals surface area contributed by atoms with E-state index in [4.69, 9.17) is 4.42 Å². The molecule has 0 saturated heterocycles. The van der Waals surface area contributed by atoms with Crippen LogP contribution in [0.2, 0.25) is 0 Å². The number of benzene rings is 1. The maximum Gasteiger partial charge on any atom is 0.230 e. The number of aromatic nitrogens is 5. The zero-order valence-electron chi connectivity index (χ0n) is 12.9. The smallest absolute Gasteiger partial charge is 0.230 e. The number of hydrogen-bond donors (Lipinski definition) is 0. The zero-order chi connectivity index (χ0) is 16.1. The summed E-state index contributed by atoms with van der Waals surface area (Å²) in [6.07, 6.45) is 7.47. The highest BCUT2D eigenvalue weighted by molar-refractivity contribution is 5.85. The monoisotopic (exact) mass is 315 g/mol. The molecule has 0 aliphatic rings. The van der Waals surface area contributed by atoms with Gasteiger partial charge in [-0.2, -0.15) is 5.10 Å². The van der Waals surface area contributed by atoms with Gasteiger partial charge in [-0.1, -0.05) is 12.1 Å². The van der Waals surface area contributed by atoms with E-state index in [0.29, 0.717) is 5.89 Å². The minimum Gasteiger partial charge on any atom is -0.436 e. The SMILES string of the molecule is Cn1ccc2c(-n3cc(-c4nc5ccccc5o4)cn3)ccnc21. The lowest BCUT2D eigenvalue weighted by Crippen LogP contribution is -1.96. The first-order valence-corrected chi connectivity index (χ1v) is 7.61. The molecule has 0 aliphatic carbocycles. The highest BCUT2D eigenvalue weighted by atomic mass is 16.3. The molecule has 0 aliphatic heterocycles. The van der Waals surface area contributed by atoms with Gasteiger partial charge in [-0.25, -0.2) is 14.6 Å². The molecule has 6 nitrogen and oxygen atoms in total. The van der Waals surface area contributed by atoms with Crippen LogP contribution in [0, 0.1) is 0 Å². The number of fused-ring (bicyclic) bond motifs is 2. The predicted molar refractivity (Wildman–Crippen MR) is 90.8 cm³/mol. The second kappa shape index (κ2) is 4.79. The van der Waals surface area contributed by atoms with E-state index in [1.165, 1.54) is 0 Å². The summed E-state index contributed by atoms with van der Waals surface area (Å²) in [5.41, 5.74) is 4.35. The molecule has 0 fully saturated rings. The van der Waals surface area contributed by atoms with Gasteiger partial charge in [-0.05, 0) is 24.3 Å². The van der Waals surface area contributed by atoms with Gasteiger partial charge in [0.15, 0.2) is 5.58 Å². The number of para-hydroxylation sites is 2. The van der Waals surface area contributed by atoms with Gasteiger partial charge in [0.05, 0.1) is 17.4 Å². The van der Waals surface area contributed by atoms with E-state index in [2.05, 4.69) is 15.1 Å². The highest BCUT2D eigenvalue weighted by Crippen LogP contribution is 2.26. The summed E-state index contributed by atoms with van der Waals surface area (Å²) in [5.74, 6) is 0.570. The Bertz CT molecular complexity index is 1150. The number of hydrogen-bond acceptors (Lipinski definition) is 4. The minimum atomic E-state index is 0.570. The van der Waals surface area contributed by atoms with Crippen molar-refractivity contribution in [3.05, 3.63) is 61.2 Å². The van der Waals surface area contributed by atoms with Gasteiger partial charge in [0.25, 0.3) is 0 Å². The van der Waals surface area contributed by atoms with Crippen LogP contribution in [0.25, 0.3) is 39.3 Å². The molecule has 0 radical (unpaired) electrons. The Morgan fingerprint density at radius 1 is 1.08 bits per heavy atom. The maximum atomic E-state index is 5.81. The largest absolute Gasteiger partial charge is 0.436 e. The number of aryl methyl sites for hydroxylation is 1. The Labute approximate surface area is 137 Å². The van der Waals surface area contributed by atoms with Gasteiger partial charge >= 0.3 is 0 Å². The fourth-order valence-corrected chi connectivity index (χ4v) is 2.91. The molecule has 0 bridgehead atoms. The minimum absolute atomic E-state index is 0.570. The summed E-state index contributed by atoms with van der Waals surface area (Å²) in [4.78, 5) is 8.93. The molecule has 1 aromatic carbocycles. The summed E-state index contributed by atoms with van der Waals surface area (Å²) in [6.45, 7) is 0. The fraction of sp³-hybridized carbons (Fsp3) is 0.0556. The van der Waals surface area contributed by atoms with Crippen LogP contribution in [-0.4, -0.2) is 24.3 Å². The van der Waals surface area contributed by atoms with E-state index >= 15 is 0 Å². The van der Waals surface area contributed by atoms with Gasteiger partial charge < -0.3 is 8.98 Å². The Hall–Kier alpha value is -3.41. The number of nitrogens with zero attached hydrogens (tertiary/aromatic N) is 5. The lowest BCUT2D eigenvalue weighted by Gasteiger charge is -2.03. The predicted octanol–water partition coefficient (Wildman–Crippen LogP) is 3.57. The second-order valence-electron chi connectivity index (χ2n) is 5.65. The molecule has 0 atom stereocenters.